The van der Waals surface area contributed by atoms with E-state index < -0.39 is 32.9 Å². The summed E-state index contributed by atoms with van der Waals surface area (Å²) in [5.41, 5.74) is 3.82. The molecule has 0 amide bonds. The van der Waals surface area contributed by atoms with Crippen molar-refractivity contribution in [2.45, 2.75) is 77.0 Å². The van der Waals surface area contributed by atoms with Crippen LogP contribution < -0.4 is 4.74 Å². The van der Waals surface area contributed by atoms with Crippen molar-refractivity contribution in [3.63, 3.8) is 0 Å². The van der Waals surface area contributed by atoms with Gasteiger partial charge >= 0.3 is 5.97 Å². The van der Waals surface area contributed by atoms with Crippen LogP contribution in [0.25, 0.3) is 11.0 Å². The molecular weight excluding hydrogens is 594 g/mol. The fraction of sp³-hybridized carbons (Fsp3) is 0.455. The van der Waals surface area contributed by atoms with Gasteiger partial charge in [-0.15, -0.1) is 5.10 Å². The van der Waals surface area contributed by atoms with Gasteiger partial charge in [0.1, 0.15) is 16.0 Å². The van der Waals surface area contributed by atoms with Crippen LogP contribution in [0.2, 0.25) is 0 Å². The van der Waals surface area contributed by atoms with Crippen LogP contribution >= 0.6 is 0 Å². The number of nitrogens with zero attached hydrogens (tertiary/aromatic N) is 5. The smallest absolute Gasteiger partial charge is 0.310 e. The zero-order valence-corrected chi connectivity index (χ0v) is 27.1. The largest absolute Gasteiger partial charge is 0.481 e. The van der Waals surface area contributed by atoms with E-state index in [0.29, 0.717) is 32.6 Å². The fourth-order valence-corrected chi connectivity index (χ4v) is 8.20. The molecule has 238 valence electrons. The Labute approximate surface area is 263 Å². The molecule has 1 spiro atoms. The summed E-state index contributed by atoms with van der Waals surface area (Å²) >= 11 is 0. The van der Waals surface area contributed by atoms with Crippen molar-refractivity contribution >= 4 is 27.0 Å². The number of ether oxygens (including phenoxy) is 2. The summed E-state index contributed by atoms with van der Waals surface area (Å²) in [6.07, 6.45) is 2.61. The lowest BCUT2D eigenvalue weighted by Gasteiger charge is -2.38. The molecule has 2 aromatic carbocycles. The van der Waals surface area contributed by atoms with E-state index in [1.165, 1.54) is 16.6 Å². The molecule has 12 heteroatoms. The number of pyridine rings is 1. The number of aromatic nitrogens is 4. The van der Waals surface area contributed by atoms with Gasteiger partial charge in [-0.25, -0.2) is 18.1 Å². The predicted molar refractivity (Wildman–Crippen MR) is 168 cm³/mol. The number of carbonyl (C=O) groups is 1. The molecule has 0 aliphatic carbocycles. The van der Waals surface area contributed by atoms with Crippen LogP contribution in [0.15, 0.2) is 53.6 Å². The number of fused-ring (bicyclic) bond motifs is 2. The Morgan fingerprint density at radius 3 is 2.60 bits per heavy atom. The van der Waals surface area contributed by atoms with Gasteiger partial charge in [-0.2, -0.15) is 4.31 Å². The van der Waals surface area contributed by atoms with Crippen molar-refractivity contribution in [3.05, 3.63) is 76.5 Å². The van der Waals surface area contributed by atoms with Gasteiger partial charge in [-0.3, -0.25) is 4.79 Å². The second kappa shape index (κ2) is 11.5. The van der Waals surface area contributed by atoms with E-state index in [0.717, 1.165) is 38.9 Å². The van der Waals surface area contributed by atoms with Gasteiger partial charge in [0.05, 0.1) is 30.7 Å². The maximum absolute atomic E-state index is 14.1. The summed E-state index contributed by atoms with van der Waals surface area (Å²) in [5, 5.41) is 19.1. The van der Waals surface area contributed by atoms with Gasteiger partial charge in [-0.05, 0) is 80.6 Å². The van der Waals surface area contributed by atoms with Gasteiger partial charge in [0.25, 0.3) is 0 Å². The third-order valence-electron chi connectivity index (χ3n) is 9.45. The Balaban J connectivity index is 1.46. The Kier molecular flexibility index (Phi) is 7.95. The van der Waals surface area contributed by atoms with Crippen LogP contribution in [0.4, 0.5) is 0 Å². The first-order valence-electron chi connectivity index (χ1n) is 15.3. The number of sulfonamides is 1. The van der Waals surface area contributed by atoms with Crippen LogP contribution in [-0.2, 0) is 32.6 Å². The summed E-state index contributed by atoms with van der Waals surface area (Å²) in [4.78, 5) is 17.1. The highest BCUT2D eigenvalue weighted by molar-refractivity contribution is 7.89. The lowest BCUT2D eigenvalue weighted by atomic mass is 9.69. The van der Waals surface area contributed by atoms with E-state index in [2.05, 4.69) is 15.3 Å². The van der Waals surface area contributed by atoms with Crippen LogP contribution in [0.5, 0.6) is 5.88 Å². The average molecular weight is 634 g/mol. The first-order chi connectivity index (χ1) is 21.4. The molecule has 1 N–H and O–H groups in total. The third kappa shape index (κ3) is 5.38. The lowest BCUT2D eigenvalue weighted by Crippen LogP contribution is -2.50. The molecule has 2 aliphatic heterocycles. The Hall–Kier alpha value is -3.87. The number of carboxylic acids is 1. The highest BCUT2D eigenvalue weighted by Crippen LogP contribution is 2.45. The molecule has 1 fully saturated rings. The number of rotatable bonds is 7. The summed E-state index contributed by atoms with van der Waals surface area (Å²) in [7, 11) is -3.97. The number of hydrogen-bond acceptors (Lipinski definition) is 8. The zero-order valence-electron chi connectivity index (χ0n) is 26.3. The van der Waals surface area contributed by atoms with E-state index in [4.69, 9.17) is 9.47 Å². The van der Waals surface area contributed by atoms with Crippen molar-refractivity contribution in [2.75, 3.05) is 19.8 Å². The molecule has 0 bridgehead atoms. The van der Waals surface area contributed by atoms with E-state index in [1.54, 1.807) is 19.9 Å². The minimum absolute atomic E-state index is 0.0381. The minimum Gasteiger partial charge on any atom is -0.481 e. The lowest BCUT2D eigenvalue weighted by molar-refractivity contribution is -0.147. The first kappa shape index (κ1) is 31.1. The van der Waals surface area contributed by atoms with E-state index in [-0.39, 0.29) is 23.9 Å². The molecule has 1 atom stereocenters. The van der Waals surface area contributed by atoms with Crippen LogP contribution in [0.3, 0.4) is 0 Å². The zero-order chi connectivity index (χ0) is 32.1. The molecule has 0 radical (unpaired) electrons. The van der Waals surface area contributed by atoms with Crippen LogP contribution in [0.1, 0.15) is 67.3 Å². The molecule has 4 aromatic rings. The van der Waals surface area contributed by atoms with Crippen molar-refractivity contribution in [1.29, 1.82) is 0 Å². The maximum atomic E-state index is 14.1. The molecule has 45 heavy (non-hydrogen) atoms. The second-order valence-corrected chi connectivity index (χ2v) is 14.6. The molecule has 4 heterocycles. The standard InChI is InChI=1S/C33H39N5O6S/c1-6-38-26-12-11-25(22(3)29(26)35-36-38)28(32(4,5)31(39)40)23-10-9-21(2)24(18-23)19-37-20-33(13-16-43-17-14-33)44-30-27(45(37,41)42)8-7-15-34-30/h7-12,15,18,28H,6,13-14,16-17,19-20H2,1-5H3,(H,39,40). The summed E-state index contributed by atoms with van der Waals surface area (Å²) < 4.78 is 43.5. The van der Waals surface area contributed by atoms with Gasteiger partial charge in [0.2, 0.25) is 15.9 Å². The van der Waals surface area contributed by atoms with Gasteiger partial charge in [0, 0.05) is 38.0 Å². The number of aryl methyl sites for hydroxylation is 3. The minimum atomic E-state index is -3.97. The second-order valence-electron chi connectivity index (χ2n) is 12.7. The number of carboxylic acid groups (broad SMARTS) is 1. The number of aliphatic carboxylic acids is 1. The molecule has 6 rings (SSSR count). The van der Waals surface area contributed by atoms with Gasteiger partial charge in [-0.1, -0.05) is 29.5 Å². The predicted octanol–water partition coefficient (Wildman–Crippen LogP) is 4.84. The Bertz CT molecular complexity index is 1880. The van der Waals surface area contributed by atoms with Crippen LogP contribution in [-0.4, -0.2) is 69.1 Å². The van der Waals surface area contributed by atoms with Crippen molar-refractivity contribution in [1.82, 2.24) is 24.3 Å². The van der Waals surface area contributed by atoms with Crippen molar-refractivity contribution in [3.8, 4) is 5.88 Å². The summed E-state index contributed by atoms with van der Waals surface area (Å²) in [6.45, 7) is 11.2. The number of benzene rings is 2. The summed E-state index contributed by atoms with van der Waals surface area (Å²) in [5.74, 6) is -1.38. The molecule has 0 saturated carbocycles. The first-order valence-corrected chi connectivity index (χ1v) is 16.7. The molecule has 2 aliphatic rings. The van der Waals surface area contributed by atoms with E-state index >= 15 is 0 Å². The quantitative estimate of drug-likeness (QED) is 0.303. The normalized spacial score (nSPS) is 18.7. The van der Waals surface area contributed by atoms with Crippen molar-refractivity contribution in [2.24, 2.45) is 5.41 Å². The number of hydrogen-bond donors (Lipinski definition) is 1. The highest BCUT2D eigenvalue weighted by Gasteiger charge is 2.46. The Morgan fingerprint density at radius 2 is 1.89 bits per heavy atom. The SMILES string of the molecule is CCn1nnc2c(C)c(C(c3ccc(C)c(CN4CC5(CCOCC5)Oc5ncccc5S4(=O)=O)c3)C(C)(C)C(=O)O)ccc21. The summed E-state index contributed by atoms with van der Waals surface area (Å²) in [6, 6.07) is 12.9. The van der Waals surface area contributed by atoms with Gasteiger partial charge < -0.3 is 14.6 Å². The van der Waals surface area contributed by atoms with E-state index in [1.807, 2.05) is 55.8 Å². The molecule has 2 aromatic heterocycles. The van der Waals surface area contributed by atoms with E-state index in [9.17, 15) is 18.3 Å². The Morgan fingerprint density at radius 1 is 1.13 bits per heavy atom. The van der Waals surface area contributed by atoms with Crippen LogP contribution in [0, 0.1) is 19.3 Å². The average Bonchev–Trinajstić information content (AvgIpc) is 3.41. The van der Waals surface area contributed by atoms with Crippen molar-refractivity contribution < 1.29 is 27.8 Å². The molecular formula is C33H39N5O6S. The molecule has 11 nitrogen and oxygen atoms in total. The molecule has 1 unspecified atom stereocenters. The molecule has 1 saturated heterocycles. The van der Waals surface area contributed by atoms with Gasteiger partial charge in [0.15, 0.2) is 0 Å². The fourth-order valence-electron chi connectivity index (χ4n) is 6.65. The maximum Gasteiger partial charge on any atom is 0.310 e. The topological polar surface area (TPSA) is 137 Å². The highest BCUT2D eigenvalue weighted by atomic mass is 32.2. The monoisotopic (exact) mass is 633 g/mol. The third-order valence-corrected chi connectivity index (χ3v) is 11.3.